The van der Waals surface area contributed by atoms with Crippen LogP contribution in [0.4, 0.5) is 0 Å². The molecule has 0 unspecified atom stereocenters. The van der Waals surface area contributed by atoms with E-state index in [1.165, 1.54) is 0 Å². The fourth-order valence-corrected chi connectivity index (χ4v) is 3.99. The Morgan fingerprint density at radius 1 is 1.35 bits per heavy atom. The van der Waals surface area contributed by atoms with E-state index in [0.29, 0.717) is 25.3 Å². The van der Waals surface area contributed by atoms with E-state index >= 15 is 0 Å². The average Bonchev–Trinajstić information content (AvgIpc) is 3.31. The summed E-state index contributed by atoms with van der Waals surface area (Å²) in [6.07, 6.45) is 6.15. The lowest BCUT2D eigenvalue weighted by Gasteiger charge is -2.44. The van der Waals surface area contributed by atoms with E-state index in [-0.39, 0.29) is 17.6 Å². The van der Waals surface area contributed by atoms with Crippen LogP contribution in [0, 0.1) is 0 Å². The minimum atomic E-state index is -0.250. The Labute approximate surface area is 153 Å². The monoisotopic (exact) mass is 355 g/mol. The molecule has 26 heavy (non-hydrogen) atoms. The molecule has 1 amide bonds. The van der Waals surface area contributed by atoms with Gasteiger partial charge in [-0.1, -0.05) is 30.3 Å². The molecule has 0 N–H and O–H groups in total. The predicted molar refractivity (Wildman–Crippen MR) is 96.7 cm³/mol. The molecule has 6 heteroatoms. The zero-order valence-electron chi connectivity index (χ0n) is 15.1. The summed E-state index contributed by atoms with van der Waals surface area (Å²) < 4.78 is 14.1. The molecule has 0 aliphatic carbocycles. The van der Waals surface area contributed by atoms with Crippen LogP contribution in [-0.4, -0.2) is 52.0 Å². The van der Waals surface area contributed by atoms with Gasteiger partial charge in [-0.3, -0.25) is 9.48 Å². The first-order valence-corrected chi connectivity index (χ1v) is 9.24. The molecule has 1 spiro atoms. The first kappa shape index (κ1) is 17.2. The van der Waals surface area contributed by atoms with Gasteiger partial charge in [-0.05, 0) is 24.8 Å². The lowest BCUT2D eigenvalue weighted by atomic mass is 9.85. The van der Waals surface area contributed by atoms with Crippen LogP contribution in [0.5, 0.6) is 0 Å². The van der Waals surface area contributed by atoms with E-state index in [1.54, 1.807) is 17.1 Å². The third-order valence-corrected chi connectivity index (χ3v) is 5.44. The van der Waals surface area contributed by atoms with E-state index in [1.807, 2.05) is 30.1 Å². The number of carbonyl (C=O) groups is 1. The summed E-state index contributed by atoms with van der Waals surface area (Å²) in [5, 5.41) is 4.11. The molecule has 3 heterocycles. The largest absolute Gasteiger partial charge is 0.372 e. The summed E-state index contributed by atoms with van der Waals surface area (Å²) in [6, 6.07) is 10.1. The molecule has 1 aromatic carbocycles. The minimum absolute atomic E-state index is 0.0132. The van der Waals surface area contributed by atoms with Crippen molar-refractivity contribution in [3.63, 3.8) is 0 Å². The highest BCUT2D eigenvalue weighted by Crippen LogP contribution is 2.38. The highest BCUT2D eigenvalue weighted by Gasteiger charge is 2.48. The number of aryl methyl sites for hydroxylation is 1. The number of hydrogen-bond donors (Lipinski definition) is 0. The maximum absolute atomic E-state index is 12.8. The number of benzene rings is 1. The Balaban J connectivity index is 1.48. The fourth-order valence-electron chi connectivity index (χ4n) is 3.99. The van der Waals surface area contributed by atoms with Crippen molar-refractivity contribution in [1.29, 1.82) is 0 Å². The van der Waals surface area contributed by atoms with Gasteiger partial charge in [-0.2, -0.15) is 5.10 Å². The van der Waals surface area contributed by atoms with E-state index < -0.39 is 0 Å². The maximum atomic E-state index is 12.8. The Bertz CT molecular complexity index is 753. The summed E-state index contributed by atoms with van der Waals surface area (Å²) in [7, 11) is 1.82. The molecule has 2 aromatic rings. The van der Waals surface area contributed by atoms with Crippen LogP contribution in [0.25, 0.3) is 0 Å². The normalized spacial score (nSPS) is 25.7. The Morgan fingerprint density at radius 2 is 2.19 bits per heavy atom. The number of aromatic nitrogens is 2. The summed E-state index contributed by atoms with van der Waals surface area (Å²) in [5.41, 5.74) is 1.51. The van der Waals surface area contributed by atoms with Crippen molar-refractivity contribution in [3.05, 3.63) is 53.9 Å². The van der Waals surface area contributed by atoms with Crippen molar-refractivity contribution in [2.75, 3.05) is 19.7 Å². The quantitative estimate of drug-likeness (QED) is 0.845. The van der Waals surface area contributed by atoms with Crippen LogP contribution in [0.15, 0.2) is 42.7 Å². The van der Waals surface area contributed by atoms with Crippen molar-refractivity contribution >= 4 is 5.91 Å². The van der Waals surface area contributed by atoms with Gasteiger partial charge in [0.2, 0.25) is 0 Å². The molecular formula is C20H25N3O3. The predicted octanol–water partition coefficient (Wildman–Crippen LogP) is 2.40. The molecule has 2 aliphatic heterocycles. The zero-order valence-corrected chi connectivity index (χ0v) is 15.1. The number of ether oxygens (including phenoxy) is 2. The molecule has 2 saturated heterocycles. The topological polar surface area (TPSA) is 56.6 Å². The Morgan fingerprint density at radius 3 is 2.88 bits per heavy atom. The van der Waals surface area contributed by atoms with E-state index in [9.17, 15) is 4.79 Å². The molecule has 6 nitrogen and oxygen atoms in total. The maximum Gasteiger partial charge on any atom is 0.257 e. The molecule has 0 radical (unpaired) electrons. The number of rotatable bonds is 4. The molecule has 0 saturated carbocycles. The second-order valence-corrected chi connectivity index (χ2v) is 7.21. The molecule has 138 valence electrons. The van der Waals surface area contributed by atoms with Crippen LogP contribution in [0.3, 0.4) is 0 Å². The highest BCUT2D eigenvalue weighted by atomic mass is 16.6. The number of likely N-dealkylation sites (tertiary alicyclic amines) is 1. The summed E-state index contributed by atoms with van der Waals surface area (Å²) in [5.74, 6) is 0.0132. The number of piperidine rings is 1. The van der Waals surface area contributed by atoms with Crippen molar-refractivity contribution in [3.8, 4) is 0 Å². The summed E-state index contributed by atoms with van der Waals surface area (Å²) >= 11 is 0. The Hall–Kier alpha value is -2.18. The first-order valence-electron chi connectivity index (χ1n) is 9.24. The van der Waals surface area contributed by atoms with Gasteiger partial charge in [-0.15, -0.1) is 0 Å². The van der Waals surface area contributed by atoms with E-state index in [2.05, 4.69) is 17.2 Å². The van der Waals surface area contributed by atoms with Gasteiger partial charge in [0.25, 0.3) is 5.91 Å². The number of carbonyl (C=O) groups excluding carboxylic acids is 1. The standard InChI is InChI=1S/C20H25N3O3/c1-22-13-17(12-21-22)19(24)23-10-9-20(8-5-11-26-20)18(14-23)25-15-16-6-3-2-4-7-16/h2-4,6-7,12-13,18H,5,8-11,14-15H2,1H3/t18-,20-/m0/s1. The van der Waals surface area contributed by atoms with Gasteiger partial charge in [0.15, 0.2) is 0 Å². The Kier molecular flexibility index (Phi) is 4.78. The third-order valence-electron chi connectivity index (χ3n) is 5.44. The lowest BCUT2D eigenvalue weighted by molar-refractivity contribution is -0.153. The van der Waals surface area contributed by atoms with Crippen LogP contribution in [-0.2, 0) is 23.1 Å². The second kappa shape index (κ2) is 7.21. The molecular weight excluding hydrogens is 330 g/mol. The average molecular weight is 355 g/mol. The number of nitrogens with zero attached hydrogens (tertiary/aromatic N) is 3. The molecule has 2 aliphatic rings. The van der Waals surface area contributed by atoms with Crippen molar-refractivity contribution in [1.82, 2.24) is 14.7 Å². The van der Waals surface area contributed by atoms with Crippen LogP contribution in [0.2, 0.25) is 0 Å². The van der Waals surface area contributed by atoms with Gasteiger partial charge >= 0.3 is 0 Å². The second-order valence-electron chi connectivity index (χ2n) is 7.21. The summed E-state index contributed by atoms with van der Waals surface area (Å²) in [4.78, 5) is 14.7. The van der Waals surface area contributed by atoms with Gasteiger partial charge in [0.05, 0.1) is 30.5 Å². The number of hydrogen-bond acceptors (Lipinski definition) is 4. The van der Waals surface area contributed by atoms with Gasteiger partial charge in [0.1, 0.15) is 6.10 Å². The van der Waals surface area contributed by atoms with Crippen LogP contribution < -0.4 is 0 Å². The molecule has 4 rings (SSSR count). The smallest absolute Gasteiger partial charge is 0.257 e. The van der Waals surface area contributed by atoms with Crippen LogP contribution in [0.1, 0.15) is 35.2 Å². The van der Waals surface area contributed by atoms with Crippen LogP contribution >= 0.6 is 0 Å². The number of amides is 1. The van der Waals surface area contributed by atoms with E-state index in [4.69, 9.17) is 9.47 Å². The highest BCUT2D eigenvalue weighted by molar-refractivity contribution is 5.93. The van der Waals surface area contributed by atoms with Gasteiger partial charge < -0.3 is 14.4 Å². The zero-order chi connectivity index (χ0) is 18.0. The lowest BCUT2D eigenvalue weighted by Crippen LogP contribution is -2.57. The molecule has 2 fully saturated rings. The van der Waals surface area contributed by atoms with Gasteiger partial charge in [0, 0.05) is 26.4 Å². The summed E-state index contributed by atoms with van der Waals surface area (Å²) in [6.45, 7) is 2.56. The van der Waals surface area contributed by atoms with Crippen molar-refractivity contribution < 1.29 is 14.3 Å². The molecule has 2 atom stereocenters. The fraction of sp³-hybridized carbons (Fsp3) is 0.500. The van der Waals surface area contributed by atoms with E-state index in [0.717, 1.165) is 31.4 Å². The van der Waals surface area contributed by atoms with Gasteiger partial charge in [-0.25, -0.2) is 0 Å². The SMILES string of the molecule is Cn1cc(C(=O)N2CC[C@@]3(CCCO3)[C@@H](OCc3ccccc3)C2)cn1. The van der Waals surface area contributed by atoms with Crippen molar-refractivity contribution in [2.45, 2.75) is 37.6 Å². The van der Waals surface area contributed by atoms with Crippen molar-refractivity contribution in [2.24, 2.45) is 7.05 Å². The first-order chi connectivity index (χ1) is 12.7. The minimum Gasteiger partial charge on any atom is -0.372 e. The molecule has 0 bridgehead atoms. The molecule has 1 aromatic heterocycles. The third kappa shape index (κ3) is 3.39.